The van der Waals surface area contributed by atoms with Gasteiger partial charge in [-0.15, -0.1) is 0 Å². The summed E-state index contributed by atoms with van der Waals surface area (Å²) in [4.78, 5) is 17.6. The molecule has 0 unspecified atom stereocenters. The minimum Gasteiger partial charge on any atom is -0.486 e. The molecule has 0 bridgehead atoms. The van der Waals surface area contributed by atoms with Gasteiger partial charge >= 0.3 is 0 Å². The quantitative estimate of drug-likeness (QED) is 0.438. The molecule has 4 rings (SSSR count). The third-order valence-electron chi connectivity index (χ3n) is 5.00. The summed E-state index contributed by atoms with van der Waals surface area (Å²) < 4.78 is 31.9. The Kier molecular flexibility index (Phi) is 6.23. The first-order valence-electron chi connectivity index (χ1n) is 10.2. The highest BCUT2D eigenvalue weighted by atomic mass is 32.2. The van der Waals surface area contributed by atoms with E-state index < -0.39 is 9.84 Å². The molecule has 32 heavy (non-hydrogen) atoms. The molecule has 7 nitrogen and oxygen atoms in total. The fourth-order valence-electron chi connectivity index (χ4n) is 3.35. The van der Waals surface area contributed by atoms with E-state index >= 15 is 0 Å². The van der Waals surface area contributed by atoms with Gasteiger partial charge in [0.05, 0.1) is 21.7 Å². The van der Waals surface area contributed by atoms with Crippen LogP contribution >= 0.6 is 0 Å². The van der Waals surface area contributed by atoms with Crippen molar-refractivity contribution in [1.29, 1.82) is 0 Å². The number of nitrogens with one attached hydrogen (secondary N) is 1. The number of rotatable bonds is 8. The standard InChI is InChI=1S/C24H23N3O4S/c1-2-32(29,30)20-12-8-9-18(15-20)25-24(28)16-27-22-14-7-6-13-21(22)26-23(27)17-31-19-10-4-3-5-11-19/h3-15H,2,16-17H2,1H3,(H,25,28). The number of amides is 1. The molecule has 4 aromatic rings. The van der Waals surface area contributed by atoms with Crippen molar-refractivity contribution in [3.05, 3.63) is 84.7 Å². The Balaban J connectivity index is 1.55. The van der Waals surface area contributed by atoms with Gasteiger partial charge in [0.25, 0.3) is 0 Å². The normalized spacial score (nSPS) is 11.4. The Bertz CT molecular complexity index is 1350. The largest absolute Gasteiger partial charge is 0.486 e. The van der Waals surface area contributed by atoms with Gasteiger partial charge in [-0.2, -0.15) is 0 Å². The summed E-state index contributed by atoms with van der Waals surface area (Å²) in [6.07, 6.45) is 0. The van der Waals surface area contributed by atoms with E-state index in [4.69, 9.17) is 4.74 Å². The predicted molar refractivity (Wildman–Crippen MR) is 123 cm³/mol. The molecular formula is C24H23N3O4S. The van der Waals surface area contributed by atoms with Gasteiger partial charge in [-0.25, -0.2) is 13.4 Å². The zero-order chi connectivity index (χ0) is 22.6. The van der Waals surface area contributed by atoms with Crippen molar-refractivity contribution in [2.45, 2.75) is 25.0 Å². The maximum atomic E-state index is 12.8. The minimum absolute atomic E-state index is 0.00377. The fraction of sp³-hybridized carbons (Fsp3) is 0.167. The minimum atomic E-state index is -3.36. The highest BCUT2D eigenvalue weighted by molar-refractivity contribution is 7.91. The van der Waals surface area contributed by atoms with Crippen LogP contribution in [0, 0.1) is 0 Å². The number of nitrogens with zero attached hydrogens (tertiary/aromatic N) is 2. The van der Waals surface area contributed by atoms with E-state index in [0.29, 0.717) is 17.3 Å². The van der Waals surface area contributed by atoms with Crippen LogP contribution in [0.25, 0.3) is 11.0 Å². The Hall–Kier alpha value is -3.65. The number of benzene rings is 3. The first kappa shape index (κ1) is 21.6. The van der Waals surface area contributed by atoms with E-state index in [-0.39, 0.29) is 29.7 Å². The molecular weight excluding hydrogens is 426 g/mol. The van der Waals surface area contributed by atoms with E-state index in [9.17, 15) is 13.2 Å². The molecule has 0 radical (unpaired) electrons. The maximum absolute atomic E-state index is 12.8. The van der Waals surface area contributed by atoms with Gasteiger partial charge in [0.1, 0.15) is 24.7 Å². The van der Waals surface area contributed by atoms with Crippen LogP contribution in [-0.4, -0.2) is 29.6 Å². The van der Waals surface area contributed by atoms with Gasteiger partial charge < -0.3 is 14.6 Å². The lowest BCUT2D eigenvalue weighted by molar-refractivity contribution is -0.116. The SMILES string of the molecule is CCS(=O)(=O)c1cccc(NC(=O)Cn2c(COc3ccccc3)nc3ccccc32)c1. The predicted octanol–water partition coefficient (Wildman–Crippen LogP) is 4.05. The zero-order valence-electron chi connectivity index (χ0n) is 17.6. The Morgan fingerprint density at radius 3 is 2.53 bits per heavy atom. The van der Waals surface area contributed by atoms with Crippen molar-refractivity contribution in [2.75, 3.05) is 11.1 Å². The number of imidazole rings is 1. The van der Waals surface area contributed by atoms with E-state index in [2.05, 4.69) is 10.3 Å². The summed E-state index contributed by atoms with van der Waals surface area (Å²) in [7, 11) is -3.36. The first-order valence-corrected chi connectivity index (χ1v) is 11.9. The maximum Gasteiger partial charge on any atom is 0.244 e. The number of carbonyl (C=O) groups is 1. The summed E-state index contributed by atoms with van der Waals surface area (Å²) in [5.41, 5.74) is 2.01. The van der Waals surface area contributed by atoms with Crippen molar-refractivity contribution in [2.24, 2.45) is 0 Å². The lowest BCUT2D eigenvalue weighted by Gasteiger charge is -2.12. The molecule has 0 aliphatic rings. The molecule has 0 aliphatic heterocycles. The van der Waals surface area contributed by atoms with Crippen LogP contribution < -0.4 is 10.1 Å². The molecule has 0 atom stereocenters. The van der Waals surface area contributed by atoms with Crippen molar-refractivity contribution < 1.29 is 17.9 Å². The molecule has 1 N–H and O–H groups in total. The zero-order valence-corrected chi connectivity index (χ0v) is 18.4. The van der Waals surface area contributed by atoms with Crippen molar-refractivity contribution >= 4 is 32.5 Å². The fourth-order valence-corrected chi connectivity index (χ4v) is 4.28. The van der Waals surface area contributed by atoms with Gasteiger partial charge in [0, 0.05) is 5.69 Å². The molecule has 0 fully saturated rings. The third kappa shape index (κ3) is 4.81. The third-order valence-corrected chi connectivity index (χ3v) is 6.74. The van der Waals surface area contributed by atoms with E-state index in [1.165, 1.54) is 12.1 Å². The smallest absolute Gasteiger partial charge is 0.244 e. The van der Waals surface area contributed by atoms with Crippen molar-refractivity contribution in [3.8, 4) is 5.75 Å². The lowest BCUT2D eigenvalue weighted by Crippen LogP contribution is -2.21. The van der Waals surface area contributed by atoms with Crippen LogP contribution in [0.3, 0.4) is 0 Å². The van der Waals surface area contributed by atoms with Gasteiger partial charge in [-0.05, 0) is 42.5 Å². The molecule has 1 amide bonds. The monoisotopic (exact) mass is 449 g/mol. The number of carbonyl (C=O) groups excluding carboxylic acids is 1. The van der Waals surface area contributed by atoms with Crippen LogP contribution in [0.1, 0.15) is 12.7 Å². The van der Waals surface area contributed by atoms with E-state index in [0.717, 1.165) is 11.0 Å². The molecule has 3 aromatic carbocycles. The molecule has 1 heterocycles. The summed E-state index contributed by atoms with van der Waals surface area (Å²) in [6, 6.07) is 23.2. The number of aromatic nitrogens is 2. The summed E-state index contributed by atoms with van der Waals surface area (Å²) in [5, 5.41) is 2.79. The van der Waals surface area contributed by atoms with Crippen LogP contribution in [0.5, 0.6) is 5.75 Å². The van der Waals surface area contributed by atoms with E-state index in [1.54, 1.807) is 23.6 Å². The topological polar surface area (TPSA) is 90.3 Å². The average molecular weight is 450 g/mol. The van der Waals surface area contributed by atoms with Gasteiger partial charge in [0.2, 0.25) is 5.91 Å². The second-order valence-corrected chi connectivity index (χ2v) is 9.46. The number of fused-ring (bicyclic) bond motifs is 1. The van der Waals surface area contributed by atoms with Crippen LogP contribution in [0.2, 0.25) is 0 Å². The van der Waals surface area contributed by atoms with Crippen LogP contribution in [0.4, 0.5) is 5.69 Å². The average Bonchev–Trinajstić information content (AvgIpc) is 3.15. The second-order valence-electron chi connectivity index (χ2n) is 7.18. The highest BCUT2D eigenvalue weighted by Crippen LogP contribution is 2.20. The first-order chi connectivity index (χ1) is 15.5. The van der Waals surface area contributed by atoms with E-state index in [1.807, 2.05) is 54.6 Å². The van der Waals surface area contributed by atoms with Crippen molar-refractivity contribution in [1.82, 2.24) is 9.55 Å². The number of para-hydroxylation sites is 3. The summed E-state index contributed by atoms with van der Waals surface area (Å²) >= 11 is 0. The molecule has 8 heteroatoms. The molecule has 0 aliphatic carbocycles. The molecule has 0 spiro atoms. The number of sulfone groups is 1. The number of hydrogen-bond acceptors (Lipinski definition) is 5. The Labute approximate surface area is 186 Å². The number of hydrogen-bond donors (Lipinski definition) is 1. The van der Waals surface area contributed by atoms with Gasteiger partial charge in [-0.3, -0.25) is 4.79 Å². The Morgan fingerprint density at radius 1 is 1.00 bits per heavy atom. The summed E-state index contributed by atoms with van der Waals surface area (Å²) in [5.74, 6) is 1.04. The van der Waals surface area contributed by atoms with Crippen LogP contribution in [-0.2, 0) is 27.8 Å². The number of ether oxygens (including phenoxy) is 1. The highest BCUT2D eigenvalue weighted by Gasteiger charge is 2.16. The summed E-state index contributed by atoms with van der Waals surface area (Å²) in [6.45, 7) is 1.80. The van der Waals surface area contributed by atoms with Crippen LogP contribution in [0.15, 0.2) is 83.8 Å². The molecule has 1 aromatic heterocycles. The Morgan fingerprint density at radius 2 is 1.75 bits per heavy atom. The van der Waals surface area contributed by atoms with Crippen molar-refractivity contribution in [3.63, 3.8) is 0 Å². The lowest BCUT2D eigenvalue weighted by atomic mass is 10.3. The van der Waals surface area contributed by atoms with Gasteiger partial charge in [0.15, 0.2) is 9.84 Å². The van der Waals surface area contributed by atoms with Gasteiger partial charge in [-0.1, -0.05) is 43.3 Å². The number of anilines is 1. The molecule has 0 saturated carbocycles. The second kappa shape index (κ2) is 9.23. The molecule has 0 saturated heterocycles. The molecule has 164 valence electrons.